The highest BCUT2D eigenvalue weighted by atomic mass is 16.7. The molecule has 0 radical (unpaired) electrons. The van der Waals surface area contributed by atoms with Gasteiger partial charge in [0.2, 0.25) is 5.69 Å². The van der Waals surface area contributed by atoms with Crippen molar-refractivity contribution < 1.29 is 23.9 Å². The van der Waals surface area contributed by atoms with Crippen LogP contribution >= 0.6 is 0 Å². The van der Waals surface area contributed by atoms with Gasteiger partial charge in [0.25, 0.3) is 11.8 Å². The van der Waals surface area contributed by atoms with Crippen LogP contribution < -0.4 is 0 Å². The Morgan fingerprint density at radius 2 is 1.94 bits per heavy atom. The van der Waals surface area contributed by atoms with Crippen molar-refractivity contribution in [3.05, 3.63) is 11.4 Å². The fourth-order valence-corrected chi connectivity index (χ4v) is 1.20. The number of carbonyl (C=O) groups is 3. The van der Waals surface area contributed by atoms with Gasteiger partial charge in [-0.3, -0.25) is 9.59 Å². The Morgan fingerprint density at radius 1 is 1.31 bits per heavy atom. The van der Waals surface area contributed by atoms with Gasteiger partial charge in [-0.2, -0.15) is 0 Å². The first-order valence-corrected chi connectivity index (χ1v) is 4.47. The van der Waals surface area contributed by atoms with Crippen LogP contribution in [0.25, 0.3) is 0 Å². The number of hydroxylamine groups is 2. The van der Waals surface area contributed by atoms with Gasteiger partial charge in [-0.1, -0.05) is 5.16 Å². The zero-order chi connectivity index (χ0) is 11.7. The summed E-state index contributed by atoms with van der Waals surface area (Å²) < 4.78 is 4.30. The lowest BCUT2D eigenvalue weighted by atomic mass is 10.3. The highest BCUT2D eigenvalue weighted by molar-refractivity contribution is 6.02. The standard InChI is InChI=1S/C8H7N3O5/c1-4-7(10-16-9-4)8(14)15-11-5(12)2-3-6(11)13/h2-3H2,1H3. The molecule has 1 saturated heterocycles. The van der Waals surface area contributed by atoms with E-state index in [2.05, 4.69) is 19.8 Å². The number of nitrogens with zero attached hydrogens (tertiary/aromatic N) is 3. The Balaban J connectivity index is 2.11. The van der Waals surface area contributed by atoms with Crippen molar-refractivity contribution in [2.75, 3.05) is 0 Å². The van der Waals surface area contributed by atoms with Crippen molar-refractivity contribution in [3.8, 4) is 0 Å². The van der Waals surface area contributed by atoms with E-state index in [9.17, 15) is 14.4 Å². The lowest BCUT2D eigenvalue weighted by Crippen LogP contribution is -2.32. The number of carbonyl (C=O) groups excluding carboxylic acids is 3. The van der Waals surface area contributed by atoms with Crippen LogP contribution in [0.3, 0.4) is 0 Å². The number of imide groups is 1. The van der Waals surface area contributed by atoms with Crippen molar-refractivity contribution in [3.63, 3.8) is 0 Å². The van der Waals surface area contributed by atoms with E-state index < -0.39 is 17.8 Å². The first-order valence-electron chi connectivity index (χ1n) is 4.47. The fourth-order valence-electron chi connectivity index (χ4n) is 1.20. The van der Waals surface area contributed by atoms with E-state index in [1.807, 2.05) is 0 Å². The summed E-state index contributed by atoms with van der Waals surface area (Å²) >= 11 is 0. The Hall–Kier alpha value is -2.25. The monoisotopic (exact) mass is 225 g/mol. The third-order valence-electron chi connectivity index (χ3n) is 2.03. The van der Waals surface area contributed by atoms with Gasteiger partial charge in [-0.15, -0.1) is 5.06 Å². The molecule has 0 saturated carbocycles. The molecule has 2 rings (SSSR count). The molecule has 1 aliphatic rings. The van der Waals surface area contributed by atoms with E-state index >= 15 is 0 Å². The van der Waals surface area contributed by atoms with Gasteiger partial charge in [0.05, 0.1) is 0 Å². The van der Waals surface area contributed by atoms with Crippen molar-refractivity contribution in [2.24, 2.45) is 0 Å². The van der Waals surface area contributed by atoms with Crippen molar-refractivity contribution in [1.82, 2.24) is 15.4 Å². The predicted molar refractivity (Wildman–Crippen MR) is 45.5 cm³/mol. The molecular formula is C8H7N3O5. The Morgan fingerprint density at radius 3 is 2.44 bits per heavy atom. The van der Waals surface area contributed by atoms with Crippen LogP contribution in [0, 0.1) is 6.92 Å². The molecule has 8 heteroatoms. The minimum absolute atomic E-state index is 0.0438. The molecule has 0 aliphatic carbocycles. The molecular weight excluding hydrogens is 218 g/mol. The Kier molecular flexibility index (Phi) is 2.39. The highest BCUT2D eigenvalue weighted by Crippen LogP contribution is 2.14. The van der Waals surface area contributed by atoms with Crippen LogP contribution in [-0.2, 0) is 14.4 Å². The SMILES string of the molecule is Cc1nonc1C(=O)ON1C(=O)CCC1=O. The minimum atomic E-state index is -0.942. The molecule has 0 N–H and O–H groups in total. The zero-order valence-corrected chi connectivity index (χ0v) is 8.30. The van der Waals surface area contributed by atoms with Crippen LogP contribution in [0.15, 0.2) is 4.63 Å². The molecule has 1 fully saturated rings. The molecule has 8 nitrogen and oxygen atoms in total. The quantitative estimate of drug-likeness (QED) is 0.630. The van der Waals surface area contributed by atoms with Gasteiger partial charge in [-0.05, 0) is 12.1 Å². The number of aromatic nitrogens is 2. The number of amides is 2. The minimum Gasteiger partial charge on any atom is -0.323 e. The molecule has 2 amide bonds. The molecule has 1 aromatic heterocycles. The van der Waals surface area contributed by atoms with E-state index in [1.54, 1.807) is 0 Å². The van der Waals surface area contributed by atoms with E-state index in [0.29, 0.717) is 5.06 Å². The lowest BCUT2D eigenvalue weighted by molar-refractivity contribution is -0.172. The molecule has 0 spiro atoms. The van der Waals surface area contributed by atoms with Gasteiger partial charge in [0, 0.05) is 12.8 Å². The largest absolute Gasteiger partial charge is 0.387 e. The summed E-state index contributed by atoms with van der Waals surface area (Å²) in [6, 6.07) is 0. The second-order valence-corrected chi connectivity index (χ2v) is 3.16. The van der Waals surface area contributed by atoms with Gasteiger partial charge in [0.15, 0.2) is 0 Å². The van der Waals surface area contributed by atoms with Gasteiger partial charge in [-0.25, -0.2) is 9.42 Å². The number of hydrogen-bond donors (Lipinski definition) is 0. The van der Waals surface area contributed by atoms with E-state index in [4.69, 9.17) is 0 Å². The lowest BCUT2D eigenvalue weighted by Gasteiger charge is -2.10. The third kappa shape index (κ3) is 1.64. The predicted octanol–water partition coefficient (Wildman–Crippen LogP) is -0.401. The molecule has 1 aromatic rings. The van der Waals surface area contributed by atoms with Crippen LogP contribution in [0.1, 0.15) is 29.0 Å². The second kappa shape index (κ2) is 3.72. The van der Waals surface area contributed by atoms with Crippen LogP contribution in [0.2, 0.25) is 0 Å². The second-order valence-electron chi connectivity index (χ2n) is 3.16. The number of rotatable bonds is 2. The first-order chi connectivity index (χ1) is 7.59. The smallest absolute Gasteiger partial charge is 0.323 e. The maximum Gasteiger partial charge on any atom is 0.387 e. The van der Waals surface area contributed by atoms with Crippen LogP contribution in [0.4, 0.5) is 0 Å². The molecule has 84 valence electrons. The summed E-state index contributed by atoms with van der Waals surface area (Å²) in [4.78, 5) is 38.3. The topological polar surface area (TPSA) is 103 Å². The third-order valence-corrected chi connectivity index (χ3v) is 2.03. The molecule has 0 bridgehead atoms. The number of hydrogen-bond acceptors (Lipinski definition) is 7. The summed E-state index contributed by atoms with van der Waals surface area (Å²) in [5.41, 5.74) is 0.0663. The molecule has 2 heterocycles. The van der Waals surface area contributed by atoms with E-state index in [-0.39, 0.29) is 24.2 Å². The molecule has 16 heavy (non-hydrogen) atoms. The first kappa shape index (κ1) is 10.3. The Bertz CT molecular complexity index is 450. The van der Waals surface area contributed by atoms with Gasteiger partial charge < -0.3 is 4.84 Å². The average molecular weight is 225 g/mol. The maximum absolute atomic E-state index is 11.4. The van der Waals surface area contributed by atoms with E-state index in [0.717, 1.165) is 0 Å². The highest BCUT2D eigenvalue weighted by Gasteiger charge is 2.34. The van der Waals surface area contributed by atoms with Crippen LogP contribution in [-0.4, -0.2) is 33.2 Å². The summed E-state index contributed by atoms with van der Waals surface area (Å²) in [6.45, 7) is 1.49. The van der Waals surface area contributed by atoms with Gasteiger partial charge in [0.1, 0.15) is 5.69 Å². The Labute approximate surface area is 89.1 Å². The average Bonchev–Trinajstić information content (AvgIpc) is 2.79. The zero-order valence-electron chi connectivity index (χ0n) is 8.30. The maximum atomic E-state index is 11.4. The van der Waals surface area contributed by atoms with Crippen molar-refractivity contribution >= 4 is 17.8 Å². The molecule has 0 aromatic carbocycles. The normalized spacial score (nSPS) is 15.7. The van der Waals surface area contributed by atoms with E-state index in [1.165, 1.54) is 6.92 Å². The number of aryl methyl sites for hydroxylation is 1. The van der Waals surface area contributed by atoms with Crippen LogP contribution in [0.5, 0.6) is 0 Å². The summed E-state index contributed by atoms with van der Waals surface area (Å²) in [5.74, 6) is -2.04. The molecule has 0 atom stereocenters. The van der Waals surface area contributed by atoms with Gasteiger partial charge >= 0.3 is 5.97 Å². The summed E-state index contributed by atoms with van der Waals surface area (Å²) in [6.07, 6.45) is 0.0876. The molecule has 1 aliphatic heterocycles. The summed E-state index contributed by atoms with van der Waals surface area (Å²) in [7, 11) is 0. The van der Waals surface area contributed by atoms with Crippen molar-refractivity contribution in [1.29, 1.82) is 0 Å². The molecule has 0 unspecified atom stereocenters. The fraction of sp³-hybridized carbons (Fsp3) is 0.375. The summed E-state index contributed by atoms with van der Waals surface area (Å²) in [5, 5.41) is 7.11. The van der Waals surface area contributed by atoms with Crippen molar-refractivity contribution in [2.45, 2.75) is 19.8 Å².